The molecule has 5 nitrogen and oxygen atoms in total. The Morgan fingerprint density at radius 2 is 2.00 bits per heavy atom. The largest absolute Gasteiger partial charge is 0.385 e. The zero-order chi connectivity index (χ0) is 15.8. The first-order chi connectivity index (χ1) is 10.7. The van der Waals surface area contributed by atoms with Gasteiger partial charge in [0.1, 0.15) is 5.69 Å². The first-order valence-electron chi connectivity index (χ1n) is 6.95. The molecule has 2 rings (SSSR count). The van der Waals surface area contributed by atoms with E-state index in [9.17, 15) is 4.79 Å². The molecule has 0 unspecified atom stereocenters. The van der Waals surface area contributed by atoms with E-state index in [-0.39, 0.29) is 5.91 Å². The number of nitrogens with zero attached hydrogens (tertiary/aromatic N) is 1. The molecular formula is C16H18BrN3O2. The number of rotatable bonds is 7. The zero-order valence-corrected chi connectivity index (χ0v) is 13.9. The van der Waals surface area contributed by atoms with Crippen LogP contribution < -0.4 is 10.6 Å². The maximum absolute atomic E-state index is 12.0. The standard InChI is InChI=1S/C16H18BrN3O2/c1-22-10-2-8-19-16(21)15-11-14(7-9-18-15)20-13-5-3-12(17)4-6-13/h3-7,9,11H,2,8,10H2,1H3,(H,18,20)(H,19,21). The molecule has 1 heterocycles. The SMILES string of the molecule is COCCCNC(=O)c1cc(Nc2ccc(Br)cc2)ccn1. The molecule has 0 radical (unpaired) electrons. The van der Waals surface area contributed by atoms with Gasteiger partial charge < -0.3 is 15.4 Å². The Kier molecular flexibility index (Phi) is 6.36. The number of methoxy groups -OCH3 is 1. The second-order valence-corrected chi connectivity index (χ2v) is 5.58. The Balaban J connectivity index is 1.97. The van der Waals surface area contributed by atoms with Crippen LogP contribution in [0.3, 0.4) is 0 Å². The molecule has 0 atom stereocenters. The summed E-state index contributed by atoms with van der Waals surface area (Å²) >= 11 is 3.40. The van der Waals surface area contributed by atoms with E-state index in [1.165, 1.54) is 0 Å². The molecule has 0 aliphatic carbocycles. The monoisotopic (exact) mass is 363 g/mol. The lowest BCUT2D eigenvalue weighted by Crippen LogP contribution is -2.26. The van der Waals surface area contributed by atoms with Gasteiger partial charge in [-0.05, 0) is 42.8 Å². The molecule has 0 aliphatic rings. The van der Waals surface area contributed by atoms with Gasteiger partial charge in [-0.3, -0.25) is 9.78 Å². The number of nitrogens with one attached hydrogen (secondary N) is 2. The number of halogens is 1. The molecule has 6 heteroatoms. The number of benzene rings is 1. The average Bonchev–Trinajstić information content (AvgIpc) is 2.54. The van der Waals surface area contributed by atoms with Crippen LogP contribution in [0.5, 0.6) is 0 Å². The topological polar surface area (TPSA) is 63.2 Å². The third-order valence-electron chi connectivity index (χ3n) is 2.94. The van der Waals surface area contributed by atoms with Crippen molar-refractivity contribution < 1.29 is 9.53 Å². The number of anilines is 2. The van der Waals surface area contributed by atoms with Crippen LogP contribution in [0.25, 0.3) is 0 Å². The molecule has 0 saturated carbocycles. The molecule has 0 bridgehead atoms. The van der Waals surface area contributed by atoms with Crippen LogP contribution in [-0.4, -0.2) is 31.2 Å². The van der Waals surface area contributed by atoms with E-state index >= 15 is 0 Å². The fraction of sp³-hybridized carbons (Fsp3) is 0.250. The molecule has 0 aliphatic heterocycles. The maximum Gasteiger partial charge on any atom is 0.269 e. The van der Waals surface area contributed by atoms with E-state index in [1.807, 2.05) is 30.3 Å². The molecule has 22 heavy (non-hydrogen) atoms. The van der Waals surface area contributed by atoms with E-state index in [4.69, 9.17) is 4.74 Å². The Morgan fingerprint density at radius 1 is 1.23 bits per heavy atom. The van der Waals surface area contributed by atoms with Crippen molar-refractivity contribution in [1.29, 1.82) is 0 Å². The molecule has 1 amide bonds. The van der Waals surface area contributed by atoms with Gasteiger partial charge in [0.25, 0.3) is 5.91 Å². The van der Waals surface area contributed by atoms with Gasteiger partial charge >= 0.3 is 0 Å². The second kappa shape index (κ2) is 8.51. The highest BCUT2D eigenvalue weighted by Crippen LogP contribution is 2.19. The fourth-order valence-electron chi connectivity index (χ4n) is 1.84. The number of aromatic nitrogens is 1. The number of ether oxygens (including phenoxy) is 1. The van der Waals surface area contributed by atoms with Crippen LogP contribution in [0.15, 0.2) is 47.1 Å². The van der Waals surface area contributed by atoms with Crippen molar-refractivity contribution in [3.8, 4) is 0 Å². The Morgan fingerprint density at radius 3 is 2.73 bits per heavy atom. The molecular weight excluding hydrogens is 346 g/mol. The summed E-state index contributed by atoms with van der Waals surface area (Å²) in [5, 5.41) is 6.06. The molecule has 1 aromatic carbocycles. The second-order valence-electron chi connectivity index (χ2n) is 4.66. The highest BCUT2D eigenvalue weighted by molar-refractivity contribution is 9.10. The Hall–Kier alpha value is -1.92. The maximum atomic E-state index is 12.0. The van der Waals surface area contributed by atoms with Gasteiger partial charge in [-0.2, -0.15) is 0 Å². The van der Waals surface area contributed by atoms with Crippen LogP contribution in [0.4, 0.5) is 11.4 Å². The molecule has 0 spiro atoms. The summed E-state index contributed by atoms with van der Waals surface area (Å²) < 4.78 is 5.96. The molecule has 0 saturated heterocycles. The predicted octanol–water partition coefficient (Wildman–Crippen LogP) is 3.35. The number of carbonyl (C=O) groups is 1. The van der Waals surface area contributed by atoms with Crippen LogP contribution in [0, 0.1) is 0 Å². The van der Waals surface area contributed by atoms with Crippen molar-refractivity contribution >= 4 is 33.2 Å². The van der Waals surface area contributed by atoms with Crippen LogP contribution in [-0.2, 0) is 4.74 Å². The lowest BCUT2D eigenvalue weighted by atomic mass is 10.2. The van der Waals surface area contributed by atoms with Crippen molar-refractivity contribution in [2.75, 3.05) is 25.6 Å². The molecule has 116 valence electrons. The first-order valence-corrected chi connectivity index (χ1v) is 7.74. The highest BCUT2D eigenvalue weighted by atomic mass is 79.9. The van der Waals surface area contributed by atoms with Gasteiger partial charge in [0.05, 0.1) is 0 Å². The van der Waals surface area contributed by atoms with Crippen molar-refractivity contribution in [2.24, 2.45) is 0 Å². The third kappa shape index (κ3) is 5.13. The minimum atomic E-state index is -0.185. The lowest BCUT2D eigenvalue weighted by Gasteiger charge is -2.08. The van der Waals surface area contributed by atoms with Gasteiger partial charge in [0.2, 0.25) is 0 Å². The minimum Gasteiger partial charge on any atom is -0.385 e. The lowest BCUT2D eigenvalue weighted by molar-refractivity contribution is 0.0943. The van der Waals surface area contributed by atoms with Crippen LogP contribution >= 0.6 is 15.9 Å². The summed E-state index contributed by atoms with van der Waals surface area (Å²) in [7, 11) is 1.64. The number of hydrogen-bond acceptors (Lipinski definition) is 4. The Bertz CT molecular complexity index is 617. The van der Waals surface area contributed by atoms with Crippen LogP contribution in [0.1, 0.15) is 16.9 Å². The predicted molar refractivity (Wildman–Crippen MR) is 90.5 cm³/mol. The molecule has 1 aromatic heterocycles. The number of hydrogen-bond donors (Lipinski definition) is 2. The molecule has 2 aromatic rings. The number of amides is 1. The van der Waals surface area contributed by atoms with E-state index in [1.54, 1.807) is 19.4 Å². The van der Waals surface area contributed by atoms with Crippen molar-refractivity contribution in [2.45, 2.75) is 6.42 Å². The van der Waals surface area contributed by atoms with E-state index in [2.05, 4.69) is 31.5 Å². The minimum absolute atomic E-state index is 0.185. The summed E-state index contributed by atoms with van der Waals surface area (Å²) in [6, 6.07) is 11.4. The van der Waals surface area contributed by atoms with E-state index in [0.29, 0.717) is 18.8 Å². The van der Waals surface area contributed by atoms with Crippen molar-refractivity contribution in [3.05, 3.63) is 52.8 Å². The zero-order valence-electron chi connectivity index (χ0n) is 12.3. The van der Waals surface area contributed by atoms with Gasteiger partial charge in [0.15, 0.2) is 0 Å². The van der Waals surface area contributed by atoms with Gasteiger partial charge in [-0.25, -0.2) is 0 Å². The summed E-state index contributed by atoms with van der Waals surface area (Å²) in [4.78, 5) is 16.1. The average molecular weight is 364 g/mol. The van der Waals surface area contributed by atoms with Crippen molar-refractivity contribution in [1.82, 2.24) is 10.3 Å². The van der Waals surface area contributed by atoms with Crippen molar-refractivity contribution in [3.63, 3.8) is 0 Å². The van der Waals surface area contributed by atoms with E-state index < -0.39 is 0 Å². The fourth-order valence-corrected chi connectivity index (χ4v) is 2.11. The summed E-state index contributed by atoms with van der Waals surface area (Å²) in [6.07, 6.45) is 2.39. The summed E-state index contributed by atoms with van der Waals surface area (Å²) in [6.45, 7) is 1.19. The highest BCUT2D eigenvalue weighted by Gasteiger charge is 2.07. The molecule has 0 fully saturated rings. The van der Waals surface area contributed by atoms with Crippen LogP contribution in [0.2, 0.25) is 0 Å². The Labute approximate surface area is 138 Å². The third-order valence-corrected chi connectivity index (χ3v) is 3.46. The number of carbonyl (C=O) groups excluding carboxylic acids is 1. The van der Waals surface area contributed by atoms with E-state index in [0.717, 1.165) is 22.3 Å². The quantitative estimate of drug-likeness (QED) is 0.740. The summed E-state index contributed by atoms with van der Waals surface area (Å²) in [5.41, 5.74) is 2.15. The normalized spacial score (nSPS) is 10.3. The summed E-state index contributed by atoms with van der Waals surface area (Å²) in [5.74, 6) is -0.185. The number of pyridine rings is 1. The van der Waals surface area contributed by atoms with Gasteiger partial charge in [0, 0.05) is 42.3 Å². The molecule has 2 N–H and O–H groups in total. The van der Waals surface area contributed by atoms with Gasteiger partial charge in [-0.15, -0.1) is 0 Å². The van der Waals surface area contributed by atoms with Gasteiger partial charge in [-0.1, -0.05) is 15.9 Å². The first kappa shape index (κ1) is 16.5. The smallest absolute Gasteiger partial charge is 0.269 e.